The largest absolute Gasteiger partial charge is 0.379 e. The number of carbonyl (C=O) groups excluding carboxylic acids is 1. The van der Waals surface area contributed by atoms with Gasteiger partial charge in [-0.1, -0.05) is 27.2 Å². The zero-order chi connectivity index (χ0) is 13.8. The van der Waals surface area contributed by atoms with Crippen LogP contribution in [-0.2, 0) is 9.53 Å². The van der Waals surface area contributed by atoms with Crippen LogP contribution in [0.2, 0.25) is 0 Å². The number of hydrogen-bond donors (Lipinski definition) is 2. The SMILES string of the molecule is COC(CNC(=O)C[C@@H]1CCC[C@H]1N)C(C)(C)C. The van der Waals surface area contributed by atoms with Gasteiger partial charge in [-0.05, 0) is 24.2 Å². The highest BCUT2D eigenvalue weighted by Crippen LogP contribution is 2.26. The van der Waals surface area contributed by atoms with Gasteiger partial charge in [-0.15, -0.1) is 0 Å². The molecule has 4 nitrogen and oxygen atoms in total. The number of nitrogens with two attached hydrogens (primary N) is 1. The molecule has 4 heteroatoms. The maximum Gasteiger partial charge on any atom is 0.220 e. The fraction of sp³-hybridized carbons (Fsp3) is 0.929. The molecular weight excluding hydrogens is 228 g/mol. The molecule has 0 bridgehead atoms. The molecule has 0 aromatic carbocycles. The van der Waals surface area contributed by atoms with E-state index >= 15 is 0 Å². The van der Waals surface area contributed by atoms with Gasteiger partial charge in [-0.2, -0.15) is 0 Å². The van der Waals surface area contributed by atoms with Crippen molar-refractivity contribution in [3.63, 3.8) is 0 Å². The molecule has 0 aliphatic heterocycles. The Morgan fingerprint density at radius 2 is 2.11 bits per heavy atom. The highest BCUT2D eigenvalue weighted by molar-refractivity contribution is 5.76. The highest BCUT2D eigenvalue weighted by Gasteiger charge is 2.28. The Bertz CT molecular complexity index is 273. The second kappa shape index (κ2) is 6.53. The zero-order valence-electron chi connectivity index (χ0n) is 12.2. The lowest BCUT2D eigenvalue weighted by molar-refractivity contribution is -0.123. The Hall–Kier alpha value is -0.610. The minimum absolute atomic E-state index is 0.0335. The molecule has 0 aromatic rings. The van der Waals surface area contributed by atoms with E-state index in [0.717, 1.165) is 19.3 Å². The molecule has 1 aliphatic rings. The molecule has 18 heavy (non-hydrogen) atoms. The van der Waals surface area contributed by atoms with Crippen molar-refractivity contribution in [3.05, 3.63) is 0 Å². The topological polar surface area (TPSA) is 64.3 Å². The number of nitrogens with one attached hydrogen (secondary N) is 1. The van der Waals surface area contributed by atoms with Crippen molar-refractivity contribution < 1.29 is 9.53 Å². The van der Waals surface area contributed by atoms with E-state index in [1.165, 1.54) is 0 Å². The van der Waals surface area contributed by atoms with Crippen LogP contribution >= 0.6 is 0 Å². The predicted molar refractivity (Wildman–Crippen MR) is 73.2 cm³/mol. The highest BCUT2D eigenvalue weighted by atomic mass is 16.5. The second-order valence-corrected chi connectivity index (χ2v) is 6.45. The summed E-state index contributed by atoms with van der Waals surface area (Å²) in [6.45, 7) is 6.90. The first kappa shape index (κ1) is 15.4. The number of hydrogen-bond acceptors (Lipinski definition) is 3. The van der Waals surface area contributed by atoms with Crippen LogP contribution in [0.5, 0.6) is 0 Å². The number of carbonyl (C=O) groups is 1. The van der Waals surface area contributed by atoms with Crippen molar-refractivity contribution in [3.8, 4) is 0 Å². The Morgan fingerprint density at radius 1 is 1.44 bits per heavy atom. The van der Waals surface area contributed by atoms with E-state index in [-0.39, 0.29) is 23.5 Å². The summed E-state index contributed by atoms with van der Waals surface area (Å²) in [5.74, 6) is 0.462. The van der Waals surface area contributed by atoms with Crippen LogP contribution < -0.4 is 11.1 Å². The number of ether oxygens (including phenoxy) is 1. The summed E-state index contributed by atoms with van der Waals surface area (Å²) >= 11 is 0. The Balaban J connectivity index is 2.32. The van der Waals surface area contributed by atoms with Gasteiger partial charge in [-0.3, -0.25) is 4.79 Å². The molecule has 1 fully saturated rings. The van der Waals surface area contributed by atoms with Gasteiger partial charge in [0.1, 0.15) is 0 Å². The van der Waals surface area contributed by atoms with Gasteiger partial charge in [0.15, 0.2) is 0 Å². The second-order valence-electron chi connectivity index (χ2n) is 6.45. The van der Waals surface area contributed by atoms with E-state index in [4.69, 9.17) is 10.5 Å². The van der Waals surface area contributed by atoms with Gasteiger partial charge in [0, 0.05) is 26.1 Å². The van der Waals surface area contributed by atoms with Crippen LogP contribution in [0.3, 0.4) is 0 Å². The Kier molecular flexibility index (Phi) is 5.60. The summed E-state index contributed by atoms with van der Waals surface area (Å²) in [6.07, 6.45) is 3.89. The van der Waals surface area contributed by atoms with Crippen LogP contribution in [0, 0.1) is 11.3 Å². The number of methoxy groups -OCH3 is 1. The molecule has 0 spiro atoms. The van der Waals surface area contributed by atoms with Crippen molar-refractivity contribution in [1.82, 2.24) is 5.32 Å². The lowest BCUT2D eigenvalue weighted by Crippen LogP contribution is -2.41. The van der Waals surface area contributed by atoms with Gasteiger partial charge >= 0.3 is 0 Å². The number of rotatable bonds is 5. The van der Waals surface area contributed by atoms with Crippen LogP contribution in [0.4, 0.5) is 0 Å². The molecule has 0 heterocycles. The van der Waals surface area contributed by atoms with Crippen molar-refractivity contribution in [2.75, 3.05) is 13.7 Å². The summed E-state index contributed by atoms with van der Waals surface area (Å²) < 4.78 is 5.42. The van der Waals surface area contributed by atoms with Crippen molar-refractivity contribution in [2.45, 2.75) is 58.6 Å². The van der Waals surface area contributed by atoms with E-state index in [9.17, 15) is 4.79 Å². The molecule has 1 rings (SSSR count). The van der Waals surface area contributed by atoms with E-state index in [2.05, 4.69) is 26.1 Å². The first-order chi connectivity index (χ1) is 8.34. The average molecular weight is 256 g/mol. The Labute approximate surface area is 111 Å². The van der Waals surface area contributed by atoms with Crippen LogP contribution in [0.1, 0.15) is 46.5 Å². The van der Waals surface area contributed by atoms with Crippen LogP contribution in [0.15, 0.2) is 0 Å². The van der Waals surface area contributed by atoms with Gasteiger partial charge in [0.2, 0.25) is 5.91 Å². The molecule has 0 aromatic heterocycles. The molecule has 0 saturated heterocycles. The Morgan fingerprint density at radius 3 is 2.56 bits per heavy atom. The fourth-order valence-corrected chi connectivity index (χ4v) is 2.58. The summed E-state index contributed by atoms with van der Waals surface area (Å²) in [5.41, 5.74) is 6.01. The zero-order valence-corrected chi connectivity index (χ0v) is 12.2. The first-order valence-corrected chi connectivity index (χ1v) is 6.89. The summed E-state index contributed by atoms with van der Waals surface area (Å²) in [4.78, 5) is 11.9. The predicted octanol–water partition coefficient (Wildman–Crippen LogP) is 1.68. The summed E-state index contributed by atoms with van der Waals surface area (Å²) in [5, 5.41) is 2.97. The maximum absolute atomic E-state index is 11.9. The normalized spacial score (nSPS) is 26.1. The molecule has 3 N–H and O–H groups in total. The third-order valence-electron chi connectivity index (χ3n) is 3.90. The molecule has 1 saturated carbocycles. The van der Waals surface area contributed by atoms with E-state index in [0.29, 0.717) is 18.9 Å². The minimum atomic E-state index is 0.0335. The van der Waals surface area contributed by atoms with Crippen molar-refractivity contribution in [1.29, 1.82) is 0 Å². The number of amides is 1. The smallest absolute Gasteiger partial charge is 0.220 e. The summed E-state index contributed by atoms with van der Waals surface area (Å²) in [7, 11) is 1.69. The average Bonchev–Trinajstić information content (AvgIpc) is 2.63. The van der Waals surface area contributed by atoms with Gasteiger partial charge in [0.25, 0.3) is 0 Å². The van der Waals surface area contributed by atoms with E-state index in [1.807, 2.05) is 0 Å². The van der Waals surface area contributed by atoms with E-state index < -0.39 is 0 Å². The first-order valence-electron chi connectivity index (χ1n) is 6.89. The van der Waals surface area contributed by atoms with Gasteiger partial charge < -0.3 is 15.8 Å². The molecule has 0 radical (unpaired) electrons. The standard InChI is InChI=1S/C14H28N2O2/c1-14(2,3)12(18-4)9-16-13(17)8-10-6-5-7-11(10)15/h10-12H,5-9,15H2,1-4H3,(H,16,17)/t10-,11+,12?/m0/s1. The van der Waals surface area contributed by atoms with Crippen molar-refractivity contribution in [2.24, 2.45) is 17.1 Å². The fourth-order valence-electron chi connectivity index (χ4n) is 2.58. The molecule has 106 valence electrons. The van der Waals surface area contributed by atoms with Gasteiger partial charge in [0.05, 0.1) is 6.10 Å². The molecule has 1 aliphatic carbocycles. The molecule has 1 amide bonds. The third-order valence-corrected chi connectivity index (χ3v) is 3.90. The van der Waals surface area contributed by atoms with Crippen LogP contribution in [-0.4, -0.2) is 31.7 Å². The van der Waals surface area contributed by atoms with Gasteiger partial charge in [-0.25, -0.2) is 0 Å². The molecular formula is C14H28N2O2. The van der Waals surface area contributed by atoms with Crippen molar-refractivity contribution >= 4 is 5.91 Å². The third kappa shape index (κ3) is 4.58. The monoisotopic (exact) mass is 256 g/mol. The lowest BCUT2D eigenvalue weighted by atomic mass is 9.89. The molecule has 1 unspecified atom stereocenters. The lowest BCUT2D eigenvalue weighted by Gasteiger charge is -2.29. The van der Waals surface area contributed by atoms with E-state index in [1.54, 1.807) is 7.11 Å². The minimum Gasteiger partial charge on any atom is -0.379 e. The van der Waals surface area contributed by atoms with Crippen LogP contribution in [0.25, 0.3) is 0 Å². The molecule has 3 atom stereocenters. The quantitative estimate of drug-likeness (QED) is 0.786. The summed E-state index contributed by atoms with van der Waals surface area (Å²) in [6, 6.07) is 0.205. The maximum atomic E-state index is 11.9.